The van der Waals surface area contributed by atoms with Gasteiger partial charge >= 0.3 is 0 Å². The van der Waals surface area contributed by atoms with Crippen molar-refractivity contribution in [3.05, 3.63) is 33.9 Å². The fourth-order valence-electron chi connectivity index (χ4n) is 1.21. The molecule has 0 heterocycles. The summed E-state index contributed by atoms with van der Waals surface area (Å²) in [4.78, 5) is 9.96. The van der Waals surface area contributed by atoms with Gasteiger partial charge in [-0.1, -0.05) is 0 Å². The lowest BCUT2D eigenvalue weighted by Crippen LogP contribution is -2.27. The van der Waals surface area contributed by atoms with Gasteiger partial charge in [0.15, 0.2) is 0 Å². The fraction of sp³-hybridized carbons (Fsp3) is 0.300. The zero-order valence-electron chi connectivity index (χ0n) is 9.01. The number of aliphatic hydroxyl groups excluding tert-OH is 1. The average molecular weight is 257 g/mol. The highest BCUT2D eigenvalue weighted by Crippen LogP contribution is 2.25. The van der Waals surface area contributed by atoms with Gasteiger partial charge in [0.25, 0.3) is 12.1 Å². The van der Waals surface area contributed by atoms with E-state index in [4.69, 9.17) is 10.4 Å². The first-order valence-corrected chi connectivity index (χ1v) is 4.84. The van der Waals surface area contributed by atoms with Crippen LogP contribution in [-0.2, 0) is 0 Å². The molecule has 1 atom stereocenters. The van der Waals surface area contributed by atoms with Crippen LogP contribution in [-0.4, -0.2) is 29.1 Å². The van der Waals surface area contributed by atoms with Crippen LogP contribution in [0.15, 0.2) is 18.2 Å². The minimum Gasteiger partial charge on any atom is -0.385 e. The van der Waals surface area contributed by atoms with Gasteiger partial charge in [-0.2, -0.15) is 5.26 Å². The highest BCUT2D eigenvalue weighted by Gasteiger charge is 2.19. The number of halogens is 2. The van der Waals surface area contributed by atoms with E-state index in [9.17, 15) is 18.9 Å². The number of nitro groups is 1. The number of hydrogen-bond donors (Lipinski definition) is 2. The zero-order valence-corrected chi connectivity index (χ0v) is 9.01. The Hall–Kier alpha value is -2.27. The van der Waals surface area contributed by atoms with Crippen molar-refractivity contribution in [2.24, 2.45) is 0 Å². The molecule has 2 N–H and O–H groups in total. The van der Waals surface area contributed by atoms with Crippen molar-refractivity contribution in [1.29, 1.82) is 5.26 Å². The SMILES string of the molecule is N#Cc1ccc([N+](=O)[O-])c(NCC(O)C(F)F)c1. The van der Waals surface area contributed by atoms with Crippen molar-refractivity contribution >= 4 is 11.4 Å². The first kappa shape index (κ1) is 13.8. The second kappa shape index (κ2) is 5.88. The first-order valence-electron chi connectivity index (χ1n) is 4.84. The summed E-state index contributed by atoms with van der Waals surface area (Å²) in [7, 11) is 0. The van der Waals surface area contributed by atoms with Gasteiger partial charge in [0, 0.05) is 12.6 Å². The maximum Gasteiger partial charge on any atom is 0.292 e. The summed E-state index contributed by atoms with van der Waals surface area (Å²) in [6, 6.07) is 5.27. The number of hydrogen-bond acceptors (Lipinski definition) is 5. The normalized spacial score (nSPS) is 11.9. The Morgan fingerprint density at radius 1 is 1.56 bits per heavy atom. The van der Waals surface area contributed by atoms with E-state index in [0.717, 1.165) is 12.1 Å². The molecule has 0 saturated carbocycles. The number of rotatable bonds is 5. The lowest BCUT2D eigenvalue weighted by Gasteiger charge is -2.11. The molecule has 96 valence electrons. The van der Waals surface area contributed by atoms with Crippen LogP contribution in [0.5, 0.6) is 0 Å². The predicted molar refractivity (Wildman–Crippen MR) is 58.3 cm³/mol. The summed E-state index contributed by atoms with van der Waals surface area (Å²) < 4.78 is 24.1. The molecule has 0 aliphatic heterocycles. The third kappa shape index (κ3) is 3.36. The minimum atomic E-state index is -2.95. The molecule has 1 aromatic carbocycles. The van der Waals surface area contributed by atoms with Crippen LogP contribution in [0.25, 0.3) is 0 Å². The zero-order chi connectivity index (χ0) is 13.7. The highest BCUT2D eigenvalue weighted by atomic mass is 19.3. The summed E-state index contributed by atoms with van der Waals surface area (Å²) in [5, 5.41) is 30.5. The van der Waals surface area contributed by atoms with E-state index in [2.05, 4.69) is 5.32 Å². The fourth-order valence-corrected chi connectivity index (χ4v) is 1.21. The number of benzene rings is 1. The molecule has 1 unspecified atom stereocenters. The van der Waals surface area contributed by atoms with Crippen molar-refractivity contribution < 1.29 is 18.8 Å². The minimum absolute atomic E-state index is 0.0845. The molecular weight excluding hydrogens is 248 g/mol. The number of nitrogens with one attached hydrogen (secondary N) is 1. The lowest BCUT2D eigenvalue weighted by atomic mass is 10.2. The molecule has 1 aromatic rings. The van der Waals surface area contributed by atoms with E-state index in [1.54, 1.807) is 6.07 Å². The van der Waals surface area contributed by atoms with Gasteiger partial charge in [0.2, 0.25) is 0 Å². The molecule has 0 amide bonds. The summed E-state index contributed by atoms with van der Waals surface area (Å²) in [5.41, 5.74) is -0.288. The molecule has 8 heteroatoms. The second-order valence-corrected chi connectivity index (χ2v) is 3.38. The molecule has 0 spiro atoms. The average Bonchev–Trinajstić information content (AvgIpc) is 2.34. The van der Waals surface area contributed by atoms with Gasteiger partial charge in [-0.15, -0.1) is 0 Å². The molecule has 6 nitrogen and oxygen atoms in total. The molecule has 0 aliphatic rings. The highest BCUT2D eigenvalue weighted by molar-refractivity contribution is 5.64. The van der Waals surface area contributed by atoms with Gasteiger partial charge in [0.1, 0.15) is 11.8 Å². The number of nitro benzene ring substituents is 1. The van der Waals surface area contributed by atoms with Crippen molar-refractivity contribution in [3.8, 4) is 6.07 Å². The Morgan fingerprint density at radius 2 is 2.22 bits per heavy atom. The van der Waals surface area contributed by atoms with Crippen LogP contribution in [0.3, 0.4) is 0 Å². The van der Waals surface area contributed by atoms with E-state index in [1.807, 2.05) is 0 Å². The standard InChI is InChI=1S/C10H9F2N3O3/c11-10(12)9(16)5-14-7-3-6(4-13)1-2-8(7)15(17)18/h1-3,9-10,14,16H,5H2. The molecule has 0 radical (unpaired) electrons. The van der Waals surface area contributed by atoms with Crippen LogP contribution in [0, 0.1) is 21.4 Å². The first-order chi connectivity index (χ1) is 8.45. The van der Waals surface area contributed by atoms with Crippen LogP contribution in [0.1, 0.15) is 5.56 Å². The Labute approximate surface area is 101 Å². The summed E-state index contributed by atoms with van der Waals surface area (Å²) in [6.45, 7) is -0.548. The van der Waals surface area contributed by atoms with E-state index in [-0.39, 0.29) is 16.9 Å². The van der Waals surface area contributed by atoms with E-state index in [1.165, 1.54) is 6.07 Å². The maximum absolute atomic E-state index is 12.1. The Balaban J connectivity index is 2.92. The van der Waals surface area contributed by atoms with Gasteiger partial charge < -0.3 is 10.4 Å². The summed E-state index contributed by atoms with van der Waals surface area (Å²) >= 11 is 0. The van der Waals surface area contributed by atoms with Crippen LogP contribution in [0.4, 0.5) is 20.2 Å². The van der Waals surface area contributed by atoms with Gasteiger partial charge in [-0.05, 0) is 12.1 Å². The summed E-state index contributed by atoms with van der Waals surface area (Å²) in [6.07, 6.45) is -4.88. The molecular formula is C10H9F2N3O3. The molecule has 0 bridgehead atoms. The third-order valence-electron chi connectivity index (χ3n) is 2.11. The van der Waals surface area contributed by atoms with Crippen molar-refractivity contribution in [2.45, 2.75) is 12.5 Å². The Kier molecular flexibility index (Phi) is 4.51. The van der Waals surface area contributed by atoms with Gasteiger partial charge in [-0.25, -0.2) is 8.78 Å². The largest absolute Gasteiger partial charge is 0.385 e. The van der Waals surface area contributed by atoms with Crippen molar-refractivity contribution in [2.75, 3.05) is 11.9 Å². The number of anilines is 1. The van der Waals surface area contributed by atoms with Crippen molar-refractivity contribution in [1.82, 2.24) is 0 Å². The lowest BCUT2D eigenvalue weighted by molar-refractivity contribution is -0.384. The Morgan fingerprint density at radius 3 is 2.72 bits per heavy atom. The summed E-state index contributed by atoms with van der Waals surface area (Å²) in [5.74, 6) is 0. The van der Waals surface area contributed by atoms with Crippen LogP contribution in [0.2, 0.25) is 0 Å². The second-order valence-electron chi connectivity index (χ2n) is 3.38. The van der Waals surface area contributed by atoms with Crippen molar-refractivity contribution in [3.63, 3.8) is 0 Å². The number of alkyl halides is 2. The van der Waals surface area contributed by atoms with E-state index >= 15 is 0 Å². The van der Waals surface area contributed by atoms with E-state index < -0.39 is 24.0 Å². The maximum atomic E-state index is 12.1. The van der Waals surface area contributed by atoms with Crippen LogP contribution >= 0.6 is 0 Å². The molecule has 18 heavy (non-hydrogen) atoms. The topological polar surface area (TPSA) is 99.2 Å². The molecule has 0 aliphatic carbocycles. The monoisotopic (exact) mass is 257 g/mol. The smallest absolute Gasteiger partial charge is 0.292 e. The molecule has 0 fully saturated rings. The van der Waals surface area contributed by atoms with Crippen LogP contribution < -0.4 is 5.32 Å². The molecule has 0 aromatic heterocycles. The third-order valence-corrected chi connectivity index (χ3v) is 2.11. The quantitative estimate of drug-likeness (QED) is 0.615. The Bertz CT molecular complexity index is 488. The van der Waals surface area contributed by atoms with Gasteiger partial charge in [0.05, 0.1) is 16.6 Å². The number of nitriles is 1. The predicted octanol–water partition coefficient (Wildman–Crippen LogP) is 1.50. The number of aliphatic hydroxyl groups is 1. The van der Waals surface area contributed by atoms with E-state index in [0.29, 0.717) is 0 Å². The molecule has 0 saturated heterocycles. The number of nitrogens with zero attached hydrogens (tertiary/aromatic N) is 2. The van der Waals surface area contributed by atoms with Gasteiger partial charge in [-0.3, -0.25) is 10.1 Å². The molecule has 1 rings (SSSR count).